The number of nitrogens with one attached hydrogen (secondary N) is 1. The van der Waals surface area contributed by atoms with Crippen LogP contribution in [0.3, 0.4) is 0 Å². The van der Waals surface area contributed by atoms with Crippen molar-refractivity contribution in [1.82, 2.24) is 5.48 Å². The Kier molecular flexibility index (Phi) is 3.52. The fourth-order valence-electron chi connectivity index (χ4n) is 0.638. The number of halogens is 1. The molecular formula is C7H8ClNO2S. The number of thiophene rings is 1. The molecule has 1 N–H and O–H groups in total. The molecule has 12 heavy (non-hydrogen) atoms. The van der Waals surface area contributed by atoms with Gasteiger partial charge in [0.15, 0.2) is 0 Å². The number of hydroxylamine groups is 1. The van der Waals surface area contributed by atoms with Crippen LogP contribution in [0.15, 0.2) is 12.1 Å². The van der Waals surface area contributed by atoms with E-state index in [1.807, 2.05) is 6.07 Å². The maximum atomic E-state index is 10.4. The van der Waals surface area contributed by atoms with Crippen molar-refractivity contribution in [3.8, 4) is 0 Å². The molecule has 0 aliphatic heterocycles. The first-order valence-electron chi connectivity index (χ1n) is 3.31. The van der Waals surface area contributed by atoms with Gasteiger partial charge in [-0.3, -0.25) is 9.63 Å². The molecule has 1 heterocycles. The van der Waals surface area contributed by atoms with Crippen molar-refractivity contribution in [2.24, 2.45) is 0 Å². The van der Waals surface area contributed by atoms with Crippen molar-refractivity contribution in [3.05, 3.63) is 21.3 Å². The van der Waals surface area contributed by atoms with Gasteiger partial charge in [-0.05, 0) is 12.1 Å². The zero-order valence-corrected chi connectivity index (χ0v) is 8.04. The van der Waals surface area contributed by atoms with E-state index in [-0.39, 0.29) is 5.91 Å². The van der Waals surface area contributed by atoms with Gasteiger partial charge < -0.3 is 0 Å². The van der Waals surface area contributed by atoms with Crippen molar-refractivity contribution >= 4 is 28.8 Å². The molecule has 0 aliphatic rings. The van der Waals surface area contributed by atoms with Crippen molar-refractivity contribution in [3.63, 3.8) is 0 Å². The summed E-state index contributed by atoms with van der Waals surface area (Å²) in [7, 11) is 0. The molecule has 0 saturated carbocycles. The molecular weight excluding hydrogens is 198 g/mol. The zero-order chi connectivity index (χ0) is 8.97. The second-order valence-corrected chi connectivity index (χ2v) is 3.95. The first kappa shape index (κ1) is 9.51. The Morgan fingerprint density at radius 3 is 3.00 bits per heavy atom. The van der Waals surface area contributed by atoms with E-state index >= 15 is 0 Å². The van der Waals surface area contributed by atoms with Crippen molar-refractivity contribution in [2.45, 2.75) is 13.5 Å². The first-order valence-corrected chi connectivity index (χ1v) is 4.50. The van der Waals surface area contributed by atoms with Gasteiger partial charge in [0.25, 0.3) is 0 Å². The fraction of sp³-hybridized carbons (Fsp3) is 0.286. The van der Waals surface area contributed by atoms with Gasteiger partial charge in [-0.15, -0.1) is 11.3 Å². The summed E-state index contributed by atoms with van der Waals surface area (Å²) >= 11 is 7.11. The predicted molar refractivity (Wildman–Crippen MR) is 47.9 cm³/mol. The summed E-state index contributed by atoms with van der Waals surface area (Å²) in [5.74, 6) is -0.211. The van der Waals surface area contributed by atoms with E-state index in [2.05, 4.69) is 5.48 Å². The summed E-state index contributed by atoms with van der Waals surface area (Å²) in [6.07, 6.45) is 0. The molecule has 0 saturated heterocycles. The summed E-state index contributed by atoms with van der Waals surface area (Å²) in [6.45, 7) is 1.75. The van der Waals surface area contributed by atoms with Crippen LogP contribution in [0.4, 0.5) is 0 Å². The maximum absolute atomic E-state index is 10.4. The lowest BCUT2D eigenvalue weighted by molar-refractivity contribution is -0.132. The molecule has 0 bridgehead atoms. The third-order valence-electron chi connectivity index (χ3n) is 1.06. The first-order chi connectivity index (χ1) is 5.68. The lowest BCUT2D eigenvalue weighted by atomic mass is 10.5. The molecule has 0 atom stereocenters. The average Bonchev–Trinajstić information content (AvgIpc) is 2.35. The molecule has 0 unspecified atom stereocenters. The topological polar surface area (TPSA) is 38.3 Å². The number of carbonyl (C=O) groups is 1. The Balaban J connectivity index is 2.29. The molecule has 1 aromatic rings. The number of hydrogen-bond donors (Lipinski definition) is 1. The number of hydrogen-bond acceptors (Lipinski definition) is 3. The van der Waals surface area contributed by atoms with Gasteiger partial charge in [0.1, 0.15) is 6.61 Å². The van der Waals surface area contributed by atoms with E-state index in [9.17, 15) is 4.79 Å². The van der Waals surface area contributed by atoms with Crippen LogP contribution in [0.1, 0.15) is 11.8 Å². The lowest BCUT2D eigenvalue weighted by Gasteiger charge is -1.99. The number of rotatable bonds is 3. The highest BCUT2D eigenvalue weighted by Crippen LogP contribution is 2.21. The van der Waals surface area contributed by atoms with Crippen LogP contribution < -0.4 is 5.48 Å². The zero-order valence-electron chi connectivity index (χ0n) is 6.46. The third-order valence-corrected chi connectivity index (χ3v) is 2.26. The minimum atomic E-state index is -0.211. The Morgan fingerprint density at radius 2 is 2.50 bits per heavy atom. The molecule has 0 radical (unpaired) electrons. The highest BCUT2D eigenvalue weighted by molar-refractivity contribution is 7.16. The van der Waals surface area contributed by atoms with E-state index in [0.29, 0.717) is 6.61 Å². The van der Waals surface area contributed by atoms with Gasteiger partial charge in [-0.2, -0.15) is 0 Å². The Hall–Kier alpha value is -0.580. The molecule has 1 amide bonds. The molecule has 5 heteroatoms. The van der Waals surface area contributed by atoms with Crippen molar-refractivity contribution < 1.29 is 9.63 Å². The molecule has 0 aliphatic carbocycles. The van der Waals surface area contributed by atoms with Crippen LogP contribution in [0.25, 0.3) is 0 Å². The molecule has 1 aromatic heterocycles. The van der Waals surface area contributed by atoms with Crippen LogP contribution >= 0.6 is 22.9 Å². The van der Waals surface area contributed by atoms with E-state index < -0.39 is 0 Å². The van der Waals surface area contributed by atoms with Crippen molar-refractivity contribution in [1.29, 1.82) is 0 Å². The summed E-state index contributed by atoms with van der Waals surface area (Å²) in [4.78, 5) is 16.2. The van der Waals surface area contributed by atoms with Gasteiger partial charge >= 0.3 is 0 Å². The van der Waals surface area contributed by atoms with Crippen LogP contribution in [-0.2, 0) is 16.2 Å². The van der Waals surface area contributed by atoms with Gasteiger partial charge in [-0.1, -0.05) is 11.6 Å². The molecule has 66 valence electrons. The quantitative estimate of drug-likeness (QED) is 0.767. The van der Waals surface area contributed by atoms with E-state index in [1.165, 1.54) is 18.3 Å². The second kappa shape index (κ2) is 4.45. The number of amides is 1. The third kappa shape index (κ3) is 3.21. The standard InChI is InChI=1S/C7H8ClNO2S/c1-5(10)9-11-4-6-2-3-7(8)12-6/h2-3H,4H2,1H3,(H,9,10). The van der Waals surface area contributed by atoms with Gasteiger partial charge in [0.05, 0.1) is 4.34 Å². The van der Waals surface area contributed by atoms with Crippen LogP contribution in [0.5, 0.6) is 0 Å². The highest BCUT2D eigenvalue weighted by atomic mass is 35.5. The lowest BCUT2D eigenvalue weighted by Crippen LogP contribution is -2.19. The predicted octanol–water partition coefficient (Wildman–Crippen LogP) is 1.97. The largest absolute Gasteiger partial charge is 0.273 e. The molecule has 0 spiro atoms. The maximum Gasteiger partial charge on any atom is 0.240 e. The highest BCUT2D eigenvalue weighted by Gasteiger charge is 1.98. The Bertz CT molecular complexity index is 274. The van der Waals surface area contributed by atoms with Gasteiger partial charge in [0, 0.05) is 11.8 Å². The summed E-state index contributed by atoms with van der Waals surface area (Å²) in [6, 6.07) is 3.65. The fourth-order valence-corrected chi connectivity index (χ4v) is 1.64. The van der Waals surface area contributed by atoms with Crippen LogP contribution in [0, 0.1) is 0 Å². The minimum Gasteiger partial charge on any atom is -0.273 e. The summed E-state index contributed by atoms with van der Waals surface area (Å²) in [5.41, 5.74) is 2.23. The molecule has 0 fully saturated rings. The van der Waals surface area contributed by atoms with Gasteiger partial charge in [-0.25, -0.2) is 5.48 Å². The number of carbonyl (C=O) groups excluding carboxylic acids is 1. The monoisotopic (exact) mass is 205 g/mol. The molecule has 0 aromatic carbocycles. The van der Waals surface area contributed by atoms with Crippen molar-refractivity contribution in [2.75, 3.05) is 0 Å². The molecule has 1 rings (SSSR count). The SMILES string of the molecule is CC(=O)NOCc1ccc(Cl)s1. The Labute approximate surface area is 79.2 Å². The van der Waals surface area contributed by atoms with E-state index in [1.54, 1.807) is 6.07 Å². The Morgan fingerprint density at radius 1 is 1.75 bits per heavy atom. The van der Waals surface area contributed by atoms with Gasteiger partial charge in [0.2, 0.25) is 5.91 Å². The average molecular weight is 206 g/mol. The normalized spacial score (nSPS) is 9.83. The summed E-state index contributed by atoms with van der Waals surface area (Å²) < 4.78 is 0.719. The smallest absolute Gasteiger partial charge is 0.240 e. The van der Waals surface area contributed by atoms with Crippen LogP contribution in [-0.4, -0.2) is 5.91 Å². The second-order valence-electron chi connectivity index (χ2n) is 2.15. The van der Waals surface area contributed by atoms with E-state index in [4.69, 9.17) is 16.4 Å². The van der Waals surface area contributed by atoms with E-state index in [0.717, 1.165) is 9.21 Å². The summed E-state index contributed by atoms with van der Waals surface area (Å²) in [5, 5.41) is 0. The van der Waals surface area contributed by atoms with Crippen LogP contribution in [0.2, 0.25) is 4.34 Å². The molecule has 3 nitrogen and oxygen atoms in total. The minimum absolute atomic E-state index is 0.211.